The van der Waals surface area contributed by atoms with E-state index in [9.17, 15) is 9.46 Å². The van der Waals surface area contributed by atoms with Crippen LogP contribution in [-0.2, 0) is 9.09 Å². The standard InChI is InChI=1S/C18H37O3P.Nd/c1-2-3-4-5-6-7-8-9-10-11-12-13-14-15-16-17-18-21-22(19)20;/h2-18H2,1H3;/q;+3. The summed E-state index contributed by atoms with van der Waals surface area (Å²) >= 11 is 0. The molecule has 0 aromatic carbocycles. The van der Waals surface area contributed by atoms with Gasteiger partial charge in [-0.2, -0.15) is 0 Å². The van der Waals surface area contributed by atoms with Gasteiger partial charge in [-0.25, -0.2) is 0 Å². The van der Waals surface area contributed by atoms with Crippen LogP contribution < -0.4 is 4.89 Å². The molecule has 5 heteroatoms. The summed E-state index contributed by atoms with van der Waals surface area (Å²) in [5.41, 5.74) is 0. The zero-order chi connectivity index (χ0) is 16.3. The second-order valence-corrected chi connectivity index (χ2v) is 7.07. The average molecular weight is 477 g/mol. The first-order valence-electron chi connectivity index (χ1n) is 9.54. The van der Waals surface area contributed by atoms with Gasteiger partial charge in [0.05, 0.1) is 0 Å². The van der Waals surface area contributed by atoms with E-state index in [0.717, 1.165) is 12.8 Å². The van der Waals surface area contributed by atoms with Crippen molar-refractivity contribution >= 4 is 8.25 Å². The molecule has 0 aliphatic carbocycles. The molecule has 0 bridgehead atoms. The van der Waals surface area contributed by atoms with Crippen LogP contribution >= 0.6 is 8.25 Å². The van der Waals surface area contributed by atoms with Gasteiger partial charge < -0.3 is 4.89 Å². The van der Waals surface area contributed by atoms with Gasteiger partial charge in [-0.3, -0.25) is 0 Å². The maximum atomic E-state index is 10.2. The first-order valence-corrected chi connectivity index (χ1v) is 10.6. The van der Waals surface area contributed by atoms with Crippen molar-refractivity contribution < 1.29 is 54.8 Å². The van der Waals surface area contributed by atoms with Gasteiger partial charge in [0.15, 0.2) is 0 Å². The van der Waals surface area contributed by atoms with E-state index in [1.54, 1.807) is 0 Å². The minimum absolute atomic E-state index is 0. The van der Waals surface area contributed by atoms with Crippen molar-refractivity contribution in [3.05, 3.63) is 0 Å². The van der Waals surface area contributed by atoms with Crippen molar-refractivity contribution in [1.82, 2.24) is 0 Å². The maximum absolute atomic E-state index is 10.2. The predicted molar refractivity (Wildman–Crippen MR) is 93.1 cm³/mol. The van der Waals surface area contributed by atoms with E-state index in [0.29, 0.717) is 6.61 Å². The summed E-state index contributed by atoms with van der Waals surface area (Å²) in [6.45, 7) is 2.63. The molecule has 0 saturated heterocycles. The first-order chi connectivity index (χ1) is 10.8. The molecule has 0 N–H and O–H groups in total. The van der Waals surface area contributed by atoms with Gasteiger partial charge in [-0.05, 0) is 11.0 Å². The van der Waals surface area contributed by atoms with E-state index in [1.807, 2.05) is 0 Å². The van der Waals surface area contributed by atoms with Crippen molar-refractivity contribution in [2.75, 3.05) is 6.61 Å². The fraction of sp³-hybridized carbons (Fsp3) is 1.00. The van der Waals surface area contributed by atoms with Crippen LogP contribution in [0.2, 0.25) is 0 Å². The van der Waals surface area contributed by atoms with Crippen LogP contribution in [0.3, 0.4) is 0 Å². The van der Waals surface area contributed by atoms with E-state index in [1.165, 1.54) is 89.9 Å². The molecule has 0 aromatic heterocycles. The Hall–Kier alpha value is 1.37. The molecule has 0 saturated carbocycles. The van der Waals surface area contributed by atoms with E-state index >= 15 is 0 Å². The summed E-state index contributed by atoms with van der Waals surface area (Å²) in [5, 5.41) is 0. The number of unbranched alkanes of at least 4 members (excludes halogenated alkanes) is 15. The summed E-state index contributed by atoms with van der Waals surface area (Å²) in [7, 11) is -2.64. The van der Waals surface area contributed by atoms with Gasteiger partial charge >= 0.3 is 49.1 Å². The minimum atomic E-state index is -2.64. The van der Waals surface area contributed by atoms with Crippen molar-refractivity contribution in [3.63, 3.8) is 0 Å². The summed E-state index contributed by atoms with van der Waals surface area (Å²) < 4.78 is 14.7. The third kappa shape index (κ3) is 25.7. The Morgan fingerprint density at radius 3 is 1.26 bits per heavy atom. The zero-order valence-corrected chi connectivity index (χ0v) is 19.3. The second-order valence-electron chi connectivity index (χ2n) is 6.36. The third-order valence-corrected chi connectivity index (χ3v) is 4.59. The fourth-order valence-corrected chi connectivity index (χ4v) is 3.07. The Morgan fingerprint density at radius 2 is 0.957 bits per heavy atom. The molecule has 1 unspecified atom stereocenters. The number of rotatable bonds is 18. The molecule has 0 rings (SSSR count). The molecule has 0 spiro atoms. The van der Waals surface area contributed by atoms with E-state index in [-0.39, 0.29) is 40.8 Å². The van der Waals surface area contributed by atoms with Crippen LogP contribution in [0, 0.1) is 40.8 Å². The van der Waals surface area contributed by atoms with Gasteiger partial charge in [-0.15, -0.1) is 4.52 Å². The van der Waals surface area contributed by atoms with Crippen LogP contribution in [0.15, 0.2) is 0 Å². The smallest absolute Gasteiger partial charge is 0.566 e. The largest absolute Gasteiger partial charge is 3.00 e. The third-order valence-electron chi connectivity index (χ3n) is 4.19. The fourth-order valence-electron chi connectivity index (χ4n) is 2.79. The molecule has 1 atom stereocenters. The molecule has 0 aromatic rings. The van der Waals surface area contributed by atoms with Crippen molar-refractivity contribution in [3.8, 4) is 0 Å². The summed E-state index contributed by atoms with van der Waals surface area (Å²) in [6, 6.07) is 0. The van der Waals surface area contributed by atoms with Crippen molar-refractivity contribution in [2.45, 2.75) is 110 Å². The molecule has 0 aliphatic rings. The molecule has 0 fully saturated rings. The van der Waals surface area contributed by atoms with Gasteiger partial charge in [0.25, 0.3) is 0 Å². The Labute approximate surface area is 178 Å². The van der Waals surface area contributed by atoms with Crippen LogP contribution in [-0.4, -0.2) is 6.61 Å². The Kier molecular flexibility index (Phi) is 27.0. The van der Waals surface area contributed by atoms with Crippen LogP contribution in [0.25, 0.3) is 0 Å². The van der Waals surface area contributed by atoms with Crippen LogP contribution in [0.1, 0.15) is 110 Å². The van der Waals surface area contributed by atoms with Crippen LogP contribution in [0.5, 0.6) is 0 Å². The van der Waals surface area contributed by atoms with Crippen molar-refractivity contribution in [2.24, 2.45) is 0 Å². The molecular formula is C18H37NdO3P+3. The molecular weight excluding hydrogens is 439 g/mol. The molecule has 1 radical (unpaired) electrons. The first kappa shape index (κ1) is 26.6. The van der Waals surface area contributed by atoms with E-state index in [4.69, 9.17) is 0 Å². The van der Waals surface area contributed by atoms with Crippen molar-refractivity contribution in [1.29, 1.82) is 0 Å². The predicted octanol–water partition coefficient (Wildman–Crippen LogP) is 6.28. The molecule has 0 heterocycles. The maximum Gasteiger partial charge on any atom is 3.00 e. The average Bonchev–Trinajstić information content (AvgIpc) is 2.50. The molecule has 3 nitrogen and oxygen atoms in total. The summed E-state index contributed by atoms with van der Waals surface area (Å²) in [5.74, 6) is 0. The number of hydrogen-bond donors (Lipinski definition) is 0. The van der Waals surface area contributed by atoms with Crippen LogP contribution in [0.4, 0.5) is 0 Å². The molecule has 133 valence electrons. The molecule has 23 heavy (non-hydrogen) atoms. The van der Waals surface area contributed by atoms with E-state index < -0.39 is 8.25 Å². The van der Waals surface area contributed by atoms with Gasteiger partial charge in [0.1, 0.15) is 6.61 Å². The SMILES string of the molecule is CCCCCCCCCCCCCCCCCCO[P+](=O)[O-].[Nd+3]. The Bertz CT molecular complexity index is 240. The Morgan fingerprint density at radius 1 is 0.652 bits per heavy atom. The summed E-state index contributed by atoms with van der Waals surface area (Å²) in [4.78, 5) is 10.2. The summed E-state index contributed by atoms with van der Waals surface area (Å²) in [6.07, 6.45) is 21.2. The monoisotopic (exact) mass is 474 g/mol. The zero-order valence-electron chi connectivity index (χ0n) is 15.2. The van der Waals surface area contributed by atoms with Gasteiger partial charge in [-0.1, -0.05) is 103 Å². The molecule has 0 aliphatic heterocycles. The normalized spacial score (nSPS) is 11.3. The van der Waals surface area contributed by atoms with E-state index in [2.05, 4.69) is 11.4 Å². The number of hydrogen-bond acceptors (Lipinski definition) is 3. The minimum Gasteiger partial charge on any atom is -0.566 e. The van der Waals surface area contributed by atoms with Gasteiger partial charge in [0.2, 0.25) is 0 Å². The second kappa shape index (κ2) is 23.4. The topological polar surface area (TPSA) is 49.4 Å². The Balaban J connectivity index is 0. The van der Waals surface area contributed by atoms with Gasteiger partial charge in [0, 0.05) is 0 Å². The quantitative estimate of drug-likeness (QED) is 0.173. The molecule has 0 amide bonds.